The van der Waals surface area contributed by atoms with Crippen LogP contribution in [-0.2, 0) is 0 Å². The summed E-state index contributed by atoms with van der Waals surface area (Å²) in [6.45, 7) is 3.50. The Bertz CT molecular complexity index is 492. The SMILES string of the molecule is Cc1nnc(C(N)C(C)O)n1-c1ccccc1. The second-order valence-electron chi connectivity index (χ2n) is 4.04. The summed E-state index contributed by atoms with van der Waals surface area (Å²) in [5.41, 5.74) is 6.86. The van der Waals surface area contributed by atoms with Crippen molar-refractivity contribution in [3.05, 3.63) is 42.0 Å². The van der Waals surface area contributed by atoms with Gasteiger partial charge >= 0.3 is 0 Å². The lowest BCUT2D eigenvalue weighted by atomic mass is 10.2. The molecule has 1 aromatic carbocycles. The first kappa shape index (κ1) is 11.8. The van der Waals surface area contributed by atoms with E-state index < -0.39 is 12.1 Å². The average Bonchev–Trinajstić information content (AvgIpc) is 2.71. The van der Waals surface area contributed by atoms with Gasteiger partial charge in [0.2, 0.25) is 0 Å². The van der Waals surface area contributed by atoms with Gasteiger partial charge in [0.25, 0.3) is 0 Å². The molecule has 0 spiro atoms. The van der Waals surface area contributed by atoms with Crippen LogP contribution in [0.1, 0.15) is 24.6 Å². The van der Waals surface area contributed by atoms with E-state index >= 15 is 0 Å². The second-order valence-corrected chi connectivity index (χ2v) is 4.04. The minimum atomic E-state index is -0.666. The van der Waals surface area contributed by atoms with E-state index in [1.165, 1.54) is 0 Å². The van der Waals surface area contributed by atoms with E-state index in [4.69, 9.17) is 5.73 Å². The molecule has 2 unspecified atom stereocenters. The van der Waals surface area contributed by atoms with Gasteiger partial charge in [-0.1, -0.05) is 18.2 Å². The monoisotopic (exact) mass is 232 g/mol. The fraction of sp³-hybridized carbons (Fsp3) is 0.333. The highest BCUT2D eigenvalue weighted by molar-refractivity contribution is 5.34. The molecule has 1 aromatic heterocycles. The van der Waals surface area contributed by atoms with Crippen molar-refractivity contribution in [3.8, 4) is 5.69 Å². The average molecular weight is 232 g/mol. The molecule has 5 heteroatoms. The highest BCUT2D eigenvalue weighted by Gasteiger charge is 2.21. The largest absolute Gasteiger partial charge is 0.391 e. The molecule has 0 saturated heterocycles. The lowest BCUT2D eigenvalue weighted by Gasteiger charge is -2.16. The van der Waals surface area contributed by atoms with Crippen molar-refractivity contribution < 1.29 is 5.11 Å². The fourth-order valence-electron chi connectivity index (χ4n) is 1.71. The van der Waals surface area contributed by atoms with Gasteiger partial charge in [-0.3, -0.25) is 4.57 Å². The first-order valence-corrected chi connectivity index (χ1v) is 5.52. The van der Waals surface area contributed by atoms with E-state index in [9.17, 15) is 5.11 Å². The van der Waals surface area contributed by atoms with Gasteiger partial charge in [0.1, 0.15) is 5.82 Å². The van der Waals surface area contributed by atoms with Crippen LogP contribution in [-0.4, -0.2) is 26.0 Å². The summed E-state index contributed by atoms with van der Waals surface area (Å²) in [6.07, 6.45) is -0.666. The van der Waals surface area contributed by atoms with E-state index in [1.807, 2.05) is 41.8 Å². The number of rotatable bonds is 3. The number of nitrogens with two attached hydrogens (primary N) is 1. The third kappa shape index (κ3) is 2.20. The number of aliphatic hydroxyl groups excluding tert-OH is 1. The van der Waals surface area contributed by atoms with Crippen molar-refractivity contribution in [2.45, 2.75) is 26.0 Å². The van der Waals surface area contributed by atoms with Crippen LogP contribution in [0.4, 0.5) is 0 Å². The number of nitrogens with zero attached hydrogens (tertiary/aromatic N) is 3. The van der Waals surface area contributed by atoms with Gasteiger partial charge in [0.15, 0.2) is 5.82 Å². The number of aryl methyl sites for hydroxylation is 1. The Balaban J connectivity index is 2.51. The molecule has 0 fully saturated rings. The normalized spacial score (nSPS) is 14.6. The number of hydrogen-bond donors (Lipinski definition) is 2. The maximum Gasteiger partial charge on any atom is 0.157 e. The summed E-state index contributed by atoms with van der Waals surface area (Å²) < 4.78 is 1.86. The Kier molecular flexibility index (Phi) is 3.21. The van der Waals surface area contributed by atoms with E-state index in [0.717, 1.165) is 11.5 Å². The van der Waals surface area contributed by atoms with Crippen LogP contribution in [0, 0.1) is 6.92 Å². The van der Waals surface area contributed by atoms with Gasteiger partial charge in [-0.2, -0.15) is 0 Å². The van der Waals surface area contributed by atoms with Crippen molar-refractivity contribution in [2.24, 2.45) is 5.73 Å². The minimum absolute atomic E-state index is 0.545. The third-order valence-corrected chi connectivity index (χ3v) is 2.68. The molecule has 5 nitrogen and oxygen atoms in total. The zero-order valence-corrected chi connectivity index (χ0v) is 9.91. The van der Waals surface area contributed by atoms with E-state index in [0.29, 0.717) is 5.82 Å². The summed E-state index contributed by atoms with van der Waals surface area (Å²) in [4.78, 5) is 0. The molecule has 1 heterocycles. The van der Waals surface area contributed by atoms with Crippen LogP contribution in [0.5, 0.6) is 0 Å². The minimum Gasteiger partial charge on any atom is -0.391 e. The summed E-state index contributed by atoms with van der Waals surface area (Å²) in [7, 11) is 0. The quantitative estimate of drug-likeness (QED) is 0.826. The van der Waals surface area contributed by atoms with Crippen LogP contribution in [0.15, 0.2) is 30.3 Å². The lowest BCUT2D eigenvalue weighted by Crippen LogP contribution is -2.26. The Morgan fingerprint density at radius 1 is 1.24 bits per heavy atom. The molecule has 2 aromatic rings. The summed E-state index contributed by atoms with van der Waals surface area (Å²) in [6, 6.07) is 9.18. The van der Waals surface area contributed by atoms with E-state index in [1.54, 1.807) is 6.92 Å². The first-order chi connectivity index (χ1) is 8.11. The molecule has 3 N–H and O–H groups in total. The Labute approximate surface area is 99.9 Å². The zero-order valence-electron chi connectivity index (χ0n) is 9.91. The van der Waals surface area contributed by atoms with Crippen molar-refractivity contribution in [3.63, 3.8) is 0 Å². The lowest BCUT2D eigenvalue weighted by molar-refractivity contribution is 0.159. The van der Waals surface area contributed by atoms with Crippen LogP contribution >= 0.6 is 0 Å². The molecule has 0 aliphatic rings. The van der Waals surface area contributed by atoms with E-state index in [-0.39, 0.29) is 0 Å². The number of hydrogen-bond acceptors (Lipinski definition) is 4. The molecule has 17 heavy (non-hydrogen) atoms. The van der Waals surface area contributed by atoms with Gasteiger partial charge in [-0.15, -0.1) is 10.2 Å². The summed E-state index contributed by atoms with van der Waals surface area (Å²) in [5.74, 6) is 1.33. The van der Waals surface area contributed by atoms with Crippen molar-refractivity contribution in [2.75, 3.05) is 0 Å². The molecule has 2 atom stereocenters. The molecule has 0 aliphatic carbocycles. The van der Waals surface area contributed by atoms with E-state index in [2.05, 4.69) is 10.2 Å². The number of para-hydroxylation sites is 1. The van der Waals surface area contributed by atoms with Crippen molar-refractivity contribution in [1.29, 1.82) is 0 Å². The van der Waals surface area contributed by atoms with Crippen molar-refractivity contribution >= 4 is 0 Å². The molecule has 90 valence electrons. The molecule has 2 rings (SSSR count). The van der Waals surface area contributed by atoms with Gasteiger partial charge in [0.05, 0.1) is 12.1 Å². The molecule has 0 aliphatic heterocycles. The topological polar surface area (TPSA) is 77.0 Å². The molecular formula is C12H16N4O. The van der Waals surface area contributed by atoms with Crippen LogP contribution in [0.2, 0.25) is 0 Å². The maximum atomic E-state index is 9.55. The first-order valence-electron chi connectivity index (χ1n) is 5.52. The van der Waals surface area contributed by atoms with Crippen LogP contribution in [0.25, 0.3) is 5.69 Å². The van der Waals surface area contributed by atoms with Gasteiger partial charge in [-0.05, 0) is 26.0 Å². The van der Waals surface area contributed by atoms with Gasteiger partial charge in [0, 0.05) is 5.69 Å². The predicted octanol–water partition coefficient (Wildman–Crippen LogP) is 0.956. The number of benzene rings is 1. The summed E-state index contributed by atoms with van der Waals surface area (Å²) >= 11 is 0. The van der Waals surface area contributed by atoms with Crippen LogP contribution in [0.3, 0.4) is 0 Å². The summed E-state index contributed by atoms with van der Waals surface area (Å²) in [5, 5.41) is 17.6. The fourth-order valence-corrected chi connectivity index (χ4v) is 1.71. The molecular weight excluding hydrogens is 216 g/mol. The van der Waals surface area contributed by atoms with Crippen molar-refractivity contribution in [1.82, 2.24) is 14.8 Å². The van der Waals surface area contributed by atoms with Gasteiger partial charge in [-0.25, -0.2) is 0 Å². The third-order valence-electron chi connectivity index (χ3n) is 2.68. The molecule has 0 amide bonds. The molecule has 0 bridgehead atoms. The standard InChI is InChI=1S/C12H16N4O/c1-8(17)11(13)12-15-14-9(2)16(12)10-6-4-3-5-7-10/h3-8,11,17H,13H2,1-2H3. The highest BCUT2D eigenvalue weighted by atomic mass is 16.3. The zero-order chi connectivity index (χ0) is 12.4. The predicted molar refractivity (Wildman–Crippen MR) is 64.7 cm³/mol. The number of aromatic nitrogens is 3. The number of aliphatic hydroxyl groups is 1. The van der Waals surface area contributed by atoms with Crippen LogP contribution < -0.4 is 5.73 Å². The Hall–Kier alpha value is -1.72. The molecule has 0 radical (unpaired) electrons. The second kappa shape index (κ2) is 4.65. The smallest absolute Gasteiger partial charge is 0.157 e. The Morgan fingerprint density at radius 3 is 2.47 bits per heavy atom. The Morgan fingerprint density at radius 2 is 1.88 bits per heavy atom. The maximum absolute atomic E-state index is 9.55. The highest BCUT2D eigenvalue weighted by Crippen LogP contribution is 2.18. The van der Waals surface area contributed by atoms with Gasteiger partial charge < -0.3 is 10.8 Å². The molecule has 0 saturated carbocycles.